The highest BCUT2D eigenvalue weighted by Crippen LogP contribution is 1.99. The number of hydrogen-bond acceptors (Lipinski definition) is 4. The number of hydrogen-bond donors (Lipinski definition) is 0. The van der Waals surface area contributed by atoms with Gasteiger partial charge in [-0.15, -0.1) is 0 Å². The molecule has 0 spiro atoms. The van der Waals surface area contributed by atoms with Crippen LogP contribution in [0.2, 0.25) is 0 Å². The Labute approximate surface area is 59.9 Å². The minimum Gasteiger partial charge on any atom is -0.234 e. The van der Waals surface area contributed by atoms with Gasteiger partial charge in [-0.1, -0.05) is 0 Å². The molecule has 1 saturated heterocycles. The van der Waals surface area contributed by atoms with Gasteiger partial charge in [-0.25, -0.2) is 19.6 Å². The second kappa shape index (κ2) is 5.61. The van der Waals surface area contributed by atoms with Crippen LogP contribution < -0.4 is 0 Å². The maximum absolute atomic E-state index is 4.70. The van der Waals surface area contributed by atoms with Gasteiger partial charge < -0.3 is 0 Å². The Bertz CT molecular complexity index is 42.9. The van der Waals surface area contributed by atoms with Crippen molar-refractivity contribution in [3.63, 3.8) is 0 Å². The van der Waals surface area contributed by atoms with E-state index >= 15 is 0 Å². The lowest BCUT2D eigenvalue weighted by Crippen LogP contribution is -2.06. The van der Waals surface area contributed by atoms with Gasteiger partial charge in [0.2, 0.25) is 6.79 Å². The molecule has 0 aliphatic carbocycles. The van der Waals surface area contributed by atoms with E-state index in [0.29, 0.717) is 13.2 Å². The molecule has 1 rings (SSSR count). The molecule has 10 heavy (non-hydrogen) atoms. The van der Waals surface area contributed by atoms with Gasteiger partial charge in [-0.3, -0.25) is 0 Å². The Hall–Kier alpha value is -0.160. The van der Waals surface area contributed by atoms with Crippen molar-refractivity contribution in [3.8, 4) is 0 Å². The van der Waals surface area contributed by atoms with Crippen LogP contribution in [-0.4, -0.2) is 20.0 Å². The van der Waals surface area contributed by atoms with Gasteiger partial charge in [-0.05, 0) is 19.3 Å². The third-order valence-corrected chi connectivity index (χ3v) is 1.22. The van der Waals surface area contributed by atoms with Crippen LogP contribution in [0, 0.1) is 0 Å². The Kier molecular flexibility index (Phi) is 4.46. The maximum atomic E-state index is 4.70. The normalized spacial score (nSPS) is 24.0. The second-order valence-electron chi connectivity index (χ2n) is 2.06. The zero-order valence-corrected chi connectivity index (χ0v) is 5.88. The summed E-state index contributed by atoms with van der Waals surface area (Å²) in [7, 11) is 0. The summed E-state index contributed by atoms with van der Waals surface area (Å²) >= 11 is 0. The molecular formula is C6H12O4. The fraction of sp³-hybridized carbons (Fsp3) is 1.00. The molecule has 0 amide bonds. The van der Waals surface area contributed by atoms with Gasteiger partial charge in [0.25, 0.3) is 0 Å². The van der Waals surface area contributed by atoms with Gasteiger partial charge in [0.05, 0.1) is 13.2 Å². The zero-order chi connectivity index (χ0) is 7.07. The van der Waals surface area contributed by atoms with Crippen LogP contribution in [-0.2, 0) is 19.6 Å². The first-order chi connectivity index (χ1) is 5.00. The summed E-state index contributed by atoms with van der Waals surface area (Å²) in [6.07, 6.45) is 3.12. The van der Waals surface area contributed by atoms with Gasteiger partial charge >= 0.3 is 0 Å². The second-order valence-corrected chi connectivity index (χ2v) is 2.06. The fourth-order valence-electron chi connectivity index (χ4n) is 0.704. The summed E-state index contributed by atoms with van der Waals surface area (Å²) in [6.45, 7) is 1.34. The van der Waals surface area contributed by atoms with E-state index in [4.69, 9.17) is 9.78 Å². The first kappa shape index (κ1) is 7.94. The van der Waals surface area contributed by atoms with Crippen molar-refractivity contribution in [2.75, 3.05) is 20.0 Å². The van der Waals surface area contributed by atoms with Crippen LogP contribution >= 0.6 is 0 Å². The Morgan fingerprint density at radius 2 is 1.20 bits per heavy atom. The van der Waals surface area contributed by atoms with Crippen LogP contribution in [0.5, 0.6) is 0 Å². The molecule has 1 aliphatic rings. The molecule has 0 aromatic carbocycles. The molecule has 0 N–H and O–H groups in total. The average Bonchev–Trinajstić information content (AvgIpc) is 2.01. The molecule has 0 bridgehead atoms. The van der Waals surface area contributed by atoms with Gasteiger partial charge in [0, 0.05) is 0 Å². The topological polar surface area (TPSA) is 36.9 Å². The molecule has 1 fully saturated rings. The van der Waals surface area contributed by atoms with Crippen molar-refractivity contribution in [1.29, 1.82) is 0 Å². The quantitative estimate of drug-likeness (QED) is 0.481. The molecule has 1 heterocycles. The fourth-order valence-corrected chi connectivity index (χ4v) is 0.704. The minimum absolute atomic E-state index is 0.0556. The SMILES string of the molecule is C1CCOOCOOCC1. The van der Waals surface area contributed by atoms with E-state index < -0.39 is 0 Å². The largest absolute Gasteiger partial charge is 0.234 e. The average molecular weight is 148 g/mol. The molecule has 1 aliphatic heterocycles. The lowest BCUT2D eigenvalue weighted by Gasteiger charge is -2.07. The summed E-state index contributed by atoms with van der Waals surface area (Å²) in [4.78, 5) is 18.5. The number of rotatable bonds is 0. The van der Waals surface area contributed by atoms with Crippen LogP contribution in [0.25, 0.3) is 0 Å². The molecule has 0 saturated carbocycles. The summed E-state index contributed by atoms with van der Waals surface area (Å²) in [5, 5.41) is 0. The lowest BCUT2D eigenvalue weighted by atomic mass is 10.2. The smallest absolute Gasteiger partial charge is 0.214 e. The van der Waals surface area contributed by atoms with Gasteiger partial charge in [0.1, 0.15) is 0 Å². The molecular weight excluding hydrogens is 136 g/mol. The summed E-state index contributed by atoms with van der Waals surface area (Å²) in [6, 6.07) is 0. The van der Waals surface area contributed by atoms with E-state index in [1.54, 1.807) is 0 Å². The summed E-state index contributed by atoms with van der Waals surface area (Å²) in [5.41, 5.74) is 0. The summed E-state index contributed by atoms with van der Waals surface area (Å²) in [5.74, 6) is 0. The van der Waals surface area contributed by atoms with Crippen molar-refractivity contribution in [1.82, 2.24) is 0 Å². The van der Waals surface area contributed by atoms with E-state index in [0.717, 1.165) is 19.3 Å². The van der Waals surface area contributed by atoms with Crippen LogP contribution in [0.15, 0.2) is 0 Å². The Morgan fingerprint density at radius 1 is 0.600 bits per heavy atom. The van der Waals surface area contributed by atoms with Crippen molar-refractivity contribution in [2.45, 2.75) is 19.3 Å². The minimum atomic E-state index is 0.0556. The van der Waals surface area contributed by atoms with Crippen molar-refractivity contribution < 1.29 is 19.6 Å². The van der Waals surface area contributed by atoms with Gasteiger partial charge in [0.15, 0.2) is 0 Å². The van der Waals surface area contributed by atoms with E-state index in [9.17, 15) is 0 Å². The lowest BCUT2D eigenvalue weighted by molar-refractivity contribution is -0.421. The standard InChI is InChI=1S/C6H12O4/c1-2-4-7-9-6-10-8-5-3-1/h1-6H2. The highest BCUT2D eigenvalue weighted by Gasteiger charge is 1.96. The van der Waals surface area contributed by atoms with E-state index in [1.165, 1.54) is 0 Å². The Morgan fingerprint density at radius 3 is 1.80 bits per heavy atom. The van der Waals surface area contributed by atoms with E-state index in [-0.39, 0.29) is 6.79 Å². The highest BCUT2D eigenvalue weighted by atomic mass is 17.3. The Balaban J connectivity index is 2.00. The molecule has 0 aromatic rings. The van der Waals surface area contributed by atoms with Crippen LogP contribution in [0.1, 0.15) is 19.3 Å². The predicted octanol–water partition coefficient (Wildman–Crippen LogP) is 1.02. The molecule has 0 atom stereocenters. The summed E-state index contributed by atoms with van der Waals surface area (Å²) < 4.78 is 0. The maximum Gasteiger partial charge on any atom is 0.214 e. The third kappa shape index (κ3) is 3.79. The van der Waals surface area contributed by atoms with Gasteiger partial charge in [-0.2, -0.15) is 0 Å². The van der Waals surface area contributed by atoms with E-state index in [1.807, 2.05) is 0 Å². The van der Waals surface area contributed by atoms with Crippen molar-refractivity contribution >= 4 is 0 Å². The predicted molar refractivity (Wildman–Crippen MR) is 32.8 cm³/mol. The molecule has 4 nitrogen and oxygen atoms in total. The molecule has 0 radical (unpaired) electrons. The zero-order valence-electron chi connectivity index (χ0n) is 5.88. The first-order valence-corrected chi connectivity index (χ1v) is 3.49. The van der Waals surface area contributed by atoms with Crippen molar-refractivity contribution in [2.24, 2.45) is 0 Å². The molecule has 0 unspecified atom stereocenters. The monoisotopic (exact) mass is 148 g/mol. The molecule has 4 heteroatoms. The van der Waals surface area contributed by atoms with Crippen LogP contribution in [0.4, 0.5) is 0 Å². The first-order valence-electron chi connectivity index (χ1n) is 3.49. The van der Waals surface area contributed by atoms with Crippen LogP contribution in [0.3, 0.4) is 0 Å². The van der Waals surface area contributed by atoms with E-state index in [2.05, 4.69) is 9.78 Å². The third-order valence-electron chi connectivity index (χ3n) is 1.22. The molecule has 60 valence electrons. The molecule has 0 aromatic heterocycles. The van der Waals surface area contributed by atoms with Crippen molar-refractivity contribution in [3.05, 3.63) is 0 Å². The highest BCUT2D eigenvalue weighted by molar-refractivity contribution is 4.37.